The van der Waals surface area contributed by atoms with Crippen molar-refractivity contribution in [1.82, 2.24) is 0 Å². The zero-order valence-corrected chi connectivity index (χ0v) is 42.3. The molecular formula is C56H103NO7. The van der Waals surface area contributed by atoms with Crippen LogP contribution in [0.2, 0.25) is 0 Å². The minimum absolute atomic E-state index is 0.136. The van der Waals surface area contributed by atoms with E-state index in [0.29, 0.717) is 44.9 Å². The fourth-order valence-corrected chi connectivity index (χ4v) is 8.51. The molecule has 8 heteroatoms. The lowest BCUT2D eigenvalue weighted by Gasteiger charge is -2.30. The lowest BCUT2D eigenvalue weighted by atomic mass is 9.92. The molecule has 1 amide bonds. The largest absolute Gasteiger partial charge is 0.481 e. The fraction of sp³-hybridized carbons (Fsp3) is 0.857. The van der Waals surface area contributed by atoms with Crippen molar-refractivity contribution in [3.8, 4) is 0 Å². The first-order chi connectivity index (χ1) is 31.2. The monoisotopic (exact) mass is 902 g/mol. The quantitative estimate of drug-likeness (QED) is 0.0353. The van der Waals surface area contributed by atoms with Gasteiger partial charge >= 0.3 is 17.9 Å². The van der Waals surface area contributed by atoms with Gasteiger partial charge < -0.3 is 20.3 Å². The zero-order chi connectivity index (χ0) is 47.0. The van der Waals surface area contributed by atoms with Crippen LogP contribution in [-0.2, 0) is 28.7 Å². The number of hydrogen-bond donors (Lipinski definition) is 2. The van der Waals surface area contributed by atoms with E-state index in [1.165, 1.54) is 122 Å². The van der Waals surface area contributed by atoms with Crippen LogP contribution in [0.5, 0.6) is 0 Å². The highest BCUT2D eigenvalue weighted by Gasteiger charge is 2.42. The van der Waals surface area contributed by atoms with Crippen LogP contribution in [0, 0.1) is 5.92 Å². The maximum absolute atomic E-state index is 13.2. The van der Waals surface area contributed by atoms with Crippen molar-refractivity contribution in [2.24, 2.45) is 11.7 Å². The number of allylic oxidation sites excluding steroid dienone is 4. The number of carboxylic acids is 1. The molecule has 3 N–H and O–H groups in total. The second-order valence-electron chi connectivity index (χ2n) is 19.1. The zero-order valence-electron chi connectivity index (χ0n) is 42.3. The molecule has 2 unspecified atom stereocenters. The second-order valence-corrected chi connectivity index (χ2v) is 19.1. The molecule has 0 aliphatic heterocycles. The number of nitrogens with two attached hydrogens (primary N) is 1. The van der Waals surface area contributed by atoms with Gasteiger partial charge in [-0.25, -0.2) is 0 Å². The summed E-state index contributed by atoms with van der Waals surface area (Å²) in [5, 5.41) is 9.87. The Morgan fingerprint density at radius 2 is 0.781 bits per heavy atom. The lowest BCUT2D eigenvalue weighted by molar-refractivity contribution is -0.179. The van der Waals surface area contributed by atoms with E-state index in [9.17, 15) is 24.3 Å². The Balaban J connectivity index is 4.88. The summed E-state index contributed by atoms with van der Waals surface area (Å²) in [4.78, 5) is 51.1. The van der Waals surface area contributed by atoms with Gasteiger partial charge in [-0.15, -0.1) is 0 Å². The number of esters is 2. The van der Waals surface area contributed by atoms with Crippen molar-refractivity contribution >= 4 is 23.8 Å². The lowest BCUT2D eigenvalue weighted by Crippen LogP contribution is -2.51. The number of primary amides is 1. The van der Waals surface area contributed by atoms with E-state index in [1.54, 1.807) is 0 Å². The summed E-state index contributed by atoms with van der Waals surface area (Å²) >= 11 is 0. The fourth-order valence-electron chi connectivity index (χ4n) is 8.51. The standard InChI is InChI=1S/C56H103NO7/c1-4-7-10-13-16-19-21-23-25-27-29-31-34-37-42-47-52(58)63-50-56(55(57)62,49-44-39-41-46-51(54(60)61)45-40-36-33-18-15-12-9-6-3)64-53(59)48-43-38-35-32-30-28-26-24-22-20-17-14-11-8-5-2/h23-26,51H,4-22,27-50H2,1-3H3,(H2,57,62)(H,60,61)/b25-23-,26-24-. The summed E-state index contributed by atoms with van der Waals surface area (Å²) in [6.07, 6.45) is 52.5. The van der Waals surface area contributed by atoms with Crippen LogP contribution in [0.4, 0.5) is 0 Å². The van der Waals surface area contributed by atoms with Crippen LogP contribution in [0.1, 0.15) is 290 Å². The molecule has 0 rings (SSSR count). The van der Waals surface area contributed by atoms with Crippen LogP contribution in [0.3, 0.4) is 0 Å². The normalized spacial score (nSPS) is 13.1. The molecular weight excluding hydrogens is 799 g/mol. The molecule has 374 valence electrons. The first-order valence-corrected chi connectivity index (χ1v) is 27.4. The van der Waals surface area contributed by atoms with Gasteiger partial charge in [0.05, 0.1) is 5.92 Å². The van der Waals surface area contributed by atoms with Crippen LogP contribution < -0.4 is 5.73 Å². The number of rotatable bonds is 50. The Bertz CT molecular complexity index is 1150. The van der Waals surface area contributed by atoms with E-state index < -0.39 is 29.4 Å². The van der Waals surface area contributed by atoms with Gasteiger partial charge in [0.15, 0.2) is 0 Å². The average molecular weight is 902 g/mol. The van der Waals surface area contributed by atoms with Crippen molar-refractivity contribution in [3.05, 3.63) is 24.3 Å². The molecule has 0 aromatic rings. The summed E-state index contributed by atoms with van der Waals surface area (Å²) in [5.74, 6) is -2.86. The Hall–Kier alpha value is -2.64. The third-order valence-corrected chi connectivity index (χ3v) is 12.9. The Kier molecular flexibility index (Phi) is 44.9. The van der Waals surface area contributed by atoms with Gasteiger partial charge in [-0.1, -0.05) is 212 Å². The molecule has 0 fully saturated rings. The number of carbonyl (C=O) groups excluding carboxylic acids is 3. The van der Waals surface area contributed by atoms with Crippen molar-refractivity contribution < 1.29 is 33.8 Å². The smallest absolute Gasteiger partial charge is 0.306 e. The number of unbranched alkanes of at least 4 members (excludes halogenated alkanes) is 31. The molecule has 0 aromatic carbocycles. The van der Waals surface area contributed by atoms with Gasteiger partial charge in [0.25, 0.3) is 5.91 Å². The number of ether oxygens (including phenoxy) is 2. The van der Waals surface area contributed by atoms with Crippen LogP contribution in [0.15, 0.2) is 24.3 Å². The van der Waals surface area contributed by atoms with Crippen molar-refractivity contribution in [1.29, 1.82) is 0 Å². The first kappa shape index (κ1) is 61.4. The molecule has 0 bridgehead atoms. The molecule has 0 saturated heterocycles. The predicted octanol–water partition coefficient (Wildman–Crippen LogP) is 16.6. The maximum Gasteiger partial charge on any atom is 0.306 e. The van der Waals surface area contributed by atoms with E-state index in [4.69, 9.17) is 15.2 Å². The van der Waals surface area contributed by atoms with Gasteiger partial charge in [-0.2, -0.15) is 0 Å². The highest BCUT2D eigenvalue weighted by molar-refractivity contribution is 5.87. The first-order valence-electron chi connectivity index (χ1n) is 27.4. The average Bonchev–Trinajstić information content (AvgIpc) is 3.27. The molecule has 8 nitrogen and oxygen atoms in total. The van der Waals surface area contributed by atoms with Crippen LogP contribution >= 0.6 is 0 Å². The van der Waals surface area contributed by atoms with E-state index in [-0.39, 0.29) is 31.8 Å². The van der Waals surface area contributed by atoms with Gasteiger partial charge in [0.1, 0.15) is 6.61 Å². The van der Waals surface area contributed by atoms with Crippen molar-refractivity contribution in [2.75, 3.05) is 6.61 Å². The number of hydrogen-bond acceptors (Lipinski definition) is 6. The molecule has 0 aliphatic carbocycles. The molecule has 64 heavy (non-hydrogen) atoms. The number of aliphatic carboxylic acids is 1. The highest BCUT2D eigenvalue weighted by atomic mass is 16.6. The van der Waals surface area contributed by atoms with E-state index in [1.807, 2.05) is 0 Å². The van der Waals surface area contributed by atoms with E-state index >= 15 is 0 Å². The summed E-state index contributed by atoms with van der Waals surface area (Å²) in [6, 6.07) is 0. The molecule has 0 saturated carbocycles. The minimum Gasteiger partial charge on any atom is -0.481 e. The topological polar surface area (TPSA) is 133 Å². The molecule has 0 aliphatic rings. The van der Waals surface area contributed by atoms with Crippen molar-refractivity contribution in [2.45, 2.75) is 296 Å². The second kappa shape index (κ2) is 46.9. The maximum atomic E-state index is 13.2. The highest BCUT2D eigenvalue weighted by Crippen LogP contribution is 2.26. The summed E-state index contributed by atoms with van der Waals surface area (Å²) in [7, 11) is 0. The Labute approximate surface area is 394 Å². The summed E-state index contributed by atoms with van der Waals surface area (Å²) in [6.45, 7) is 6.33. The number of amides is 1. The third-order valence-electron chi connectivity index (χ3n) is 12.9. The van der Waals surface area contributed by atoms with Crippen LogP contribution in [0.25, 0.3) is 0 Å². The minimum atomic E-state index is -1.74. The molecule has 0 heterocycles. The molecule has 0 aromatic heterocycles. The SMILES string of the molecule is CCCCCCCC/C=C\CCCCCCCC(=O)OCC(CCCCCC(CCCCCCCCCC)C(=O)O)(OC(=O)CCCCCCC/C=C\CCCCCCCC)C(N)=O. The predicted molar refractivity (Wildman–Crippen MR) is 269 cm³/mol. The molecule has 0 spiro atoms. The summed E-state index contributed by atoms with van der Waals surface area (Å²) in [5.41, 5.74) is 4.21. The van der Waals surface area contributed by atoms with Gasteiger partial charge in [0.2, 0.25) is 5.60 Å². The van der Waals surface area contributed by atoms with E-state index in [2.05, 4.69) is 45.1 Å². The third kappa shape index (κ3) is 39.7. The number of carbonyl (C=O) groups is 4. The Morgan fingerprint density at radius 3 is 1.16 bits per heavy atom. The Morgan fingerprint density at radius 1 is 0.453 bits per heavy atom. The van der Waals surface area contributed by atoms with Crippen LogP contribution in [-0.4, -0.2) is 41.1 Å². The summed E-state index contributed by atoms with van der Waals surface area (Å²) < 4.78 is 11.5. The van der Waals surface area contributed by atoms with Gasteiger partial charge in [-0.05, 0) is 89.9 Å². The molecule has 2 atom stereocenters. The molecule has 0 radical (unpaired) electrons. The van der Waals surface area contributed by atoms with Gasteiger partial charge in [-0.3, -0.25) is 19.2 Å². The van der Waals surface area contributed by atoms with E-state index in [0.717, 1.165) is 83.5 Å². The van der Waals surface area contributed by atoms with Gasteiger partial charge in [0, 0.05) is 12.8 Å². The van der Waals surface area contributed by atoms with Crippen molar-refractivity contribution in [3.63, 3.8) is 0 Å². The number of carboxylic acid groups (broad SMARTS) is 1.